The molecule has 1 aromatic rings. The highest BCUT2D eigenvalue weighted by Crippen LogP contribution is 2.19. The Hall–Kier alpha value is -0.460. The first-order chi connectivity index (χ1) is 10.7. The van der Waals surface area contributed by atoms with E-state index in [0.29, 0.717) is 0 Å². The highest BCUT2D eigenvalue weighted by molar-refractivity contribution is 7.99. The van der Waals surface area contributed by atoms with Crippen LogP contribution in [0.4, 0.5) is 5.69 Å². The molecule has 1 amide bonds. The number of rotatable bonds is 4. The van der Waals surface area contributed by atoms with E-state index in [1.165, 1.54) is 31.5 Å². The quantitative estimate of drug-likeness (QED) is 0.825. The highest BCUT2D eigenvalue weighted by Gasteiger charge is 2.22. The fourth-order valence-corrected chi connectivity index (χ4v) is 3.91. The van der Waals surface area contributed by atoms with Gasteiger partial charge in [0.05, 0.1) is 6.04 Å². The monoisotopic (exact) mass is 391 g/mol. The van der Waals surface area contributed by atoms with E-state index in [4.69, 9.17) is 0 Å². The lowest BCUT2D eigenvalue weighted by Crippen LogP contribution is -2.37. The van der Waals surface area contributed by atoms with Crippen molar-refractivity contribution in [2.24, 2.45) is 5.92 Å². The number of amides is 1. The number of benzene rings is 1. The van der Waals surface area contributed by atoms with E-state index in [0.717, 1.165) is 29.8 Å². The van der Waals surface area contributed by atoms with Gasteiger partial charge in [-0.15, -0.1) is 36.6 Å². The number of carbonyl (C=O) groups excluding carboxylic acids is 1. The molecule has 1 aromatic carbocycles. The smallest absolute Gasteiger partial charge is 0.242 e. The van der Waals surface area contributed by atoms with Crippen molar-refractivity contribution in [3.8, 4) is 0 Å². The van der Waals surface area contributed by atoms with E-state index >= 15 is 0 Å². The maximum atomic E-state index is 12.1. The Morgan fingerprint density at radius 2 is 1.92 bits per heavy atom. The summed E-state index contributed by atoms with van der Waals surface area (Å²) in [7, 11) is 0. The summed E-state index contributed by atoms with van der Waals surface area (Å²) in [6.45, 7) is 5.75. The molecule has 136 valence electrons. The van der Waals surface area contributed by atoms with Crippen LogP contribution in [0, 0.1) is 5.92 Å². The molecule has 0 aromatic heterocycles. The Bertz CT molecular complexity index is 501. The normalized spacial score (nSPS) is 21.6. The van der Waals surface area contributed by atoms with Gasteiger partial charge in [0.2, 0.25) is 5.91 Å². The number of halogens is 2. The summed E-state index contributed by atoms with van der Waals surface area (Å²) in [5, 5.41) is 6.18. The topological polar surface area (TPSA) is 44.4 Å². The molecule has 2 N–H and O–H groups in total. The lowest BCUT2D eigenvalue weighted by atomic mass is 9.99. The third kappa shape index (κ3) is 6.12. The summed E-state index contributed by atoms with van der Waals surface area (Å²) in [5.74, 6) is 2.67. The van der Waals surface area contributed by atoms with Crippen LogP contribution in [-0.4, -0.2) is 41.6 Å². The predicted octanol–water partition coefficient (Wildman–Crippen LogP) is 3.36. The fourth-order valence-electron chi connectivity index (χ4n) is 2.96. The van der Waals surface area contributed by atoms with E-state index in [1.807, 2.05) is 12.1 Å². The lowest BCUT2D eigenvalue weighted by Gasteiger charge is -2.30. The molecular formula is C17H27Cl2N3OS. The third-order valence-corrected chi connectivity index (χ3v) is 5.48. The molecule has 2 aliphatic heterocycles. The van der Waals surface area contributed by atoms with E-state index < -0.39 is 0 Å². The Morgan fingerprint density at radius 3 is 2.50 bits per heavy atom. The second-order valence-corrected chi connectivity index (χ2v) is 7.45. The van der Waals surface area contributed by atoms with Crippen molar-refractivity contribution in [1.29, 1.82) is 0 Å². The third-order valence-electron chi connectivity index (χ3n) is 4.54. The zero-order chi connectivity index (χ0) is 15.4. The summed E-state index contributed by atoms with van der Waals surface area (Å²) in [5.41, 5.74) is 2.21. The SMILES string of the molecule is CC1CCN(Cc2ccc(NC(=O)C3CSCN3)cc2)CC1.Cl.Cl. The van der Waals surface area contributed by atoms with Crippen molar-refractivity contribution >= 4 is 48.2 Å². The molecule has 7 heteroatoms. The summed E-state index contributed by atoms with van der Waals surface area (Å²) < 4.78 is 0. The molecule has 2 saturated heterocycles. The molecule has 0 spiro atoms. The van der Waals surface area contributed by atoms with E-state index in [9.17, 15) is 4.79 Å². The Kier molecular flexibility index (Phi) is 9.45. The van der Waals surface area contributed by atoms with Crippen molar-refractivity contribution in [3.05, 3.63) is 29.8 Å². The molecule has 0 radical (unpaired) electrons. The van der Waals surface area contributed by atoms with Gasteiger partial charge in [-0.2, -0.15) is 0 Å². The number of nitrogens with one attached hydrogen (secondary N) is 2. The minimum atomic E-state index is -0.0555. The number of nitrogens with zero attached hydrogens (tertiary/aromatic N) is 1. The van der Waals surface area contributed by atoms with Gasteiger partial charge in [-0.1, -0.05) is 19.1 Å². The van der Waals surface area contributed by atoms with Crippen molar-refractivity contribution < 1.29 is 4.79 Å². The van der Waals surface area contributed by atoms with Gasteiger partial charge in [0, 0.05) is 23.9 Å². The molecule has 0 aliphatic carbocycles. The largest absolute Gasteiger partial charge is 0.325 e. The minimum absolute atomic E-state index is 0. The first-order valence-electron chi connectivity index (χ1n) is 8.14. The summed E-state index contributed by atoms with van der Waals surface area (Å²) >= 11 is 1.77. The molecule has 1 unspecified atom stereocenters. The van der Waals surface area contributed by atoms with E-state index in [1.54, 1.807) is 11.8 Å². The van der Waals surface area contributed by atoms with Crippen LogP contribution >= 0.6 is 36.6 Å². The molecule has 1 atom stereocenters. The zero-order valence-corrected chi connectivity index (χ0v) is 16.4. The maximum absolute atomic E-state index is 12.1. The van der Waals surface area contributed by atoms with Gasteiger partial charge in [0.1, 0.15) is 0 Å². The van der Waals surface area contributed by atoms with Crippen LogP contribution in [0.5, 0.6) is 0 Å². The van der Waals surface area contributed by atoms with Crippen molar-refractivity contribution in [2.45, 2.75) is 32.4 Å². The number of likely N-dealkylation sites (tertiary alicyclic amines) is 1. The van der Waals surface area contributed by atoms with Crippen LogP contribution in [0.1, 0.15) is 25.3 Å². The second-order valence-electron chi connectivity index (χ2n) is 6.42. The van der Waals surface area contributed by atoms with Gasteiger partial charge in [-0.05, 0) is 49.5 Å². The predicted molar refractivity (Wildman–Crippen MR) is 107 cm³/mol. The number of thioether (sulfide) groups is 1. The Labute approximate surface area is 161 Å². The number of hydrogen-bond donors (Lipinski definition) is 2. The first-order valence-corrected chi connectivity index (χ1v) is 9.29. The zero-order valence-electron chi connectivity index (χ0n) is 14.0. The van der Waals surface area contributed by atoms with Crippen LogP contribution in [0.2, 0.25) is 0 Å². The fraction of sp³-hybridized carbons (Fsp3) is 0.588. The molecule has 0 bridgehead atoms. The average Bonchev–Trinajstić information content (AvgIpc) is 3.06. The van der Waals surface area contributed by atoms with Crippen LogP contribution < -0.4 is 10.6 Å². The van der Waals surface area contributed by atoms with E-state index in [2.05, 4.69) is 34.6 Å². The van der Waals surface area contributed by atoms with Crippen molar-refractivity contribution in [1.82, 2.24) is 10.2 Å². The van der Waals surface area contributed by atoms with Gasteiger partial charge < -0.3 is 5.32 Å². The standard InChI is InChI=1S/C17H25N3OS.2ClH/c1-13-6-8-20(9-7-13)10-14-2-4-15(5-3-14)19-17(21)16-11-22-12-18-16;;/h2-5,13,16,18H,6-12H2,1H3,(H,19,21);2*1H. The minimum Gasteiger partial charge on any atom is -0.325 e. The van der Waals surface area contributed by atoms with Crippen molar-refractivity contribution in [2.75, 3.05) is 30.0 Å². The molecule has 24 heavy (non-hydrogen) atoms. The number of carbonyl (C=O) groups is 1. The van der Waals surface area contributed by atoms with Gasteiger partial charge in [0.15, 0.2) is 0 Å². The molecule has 0 saturated carbocycles. The number of hydrogen-bond acceptors (Lipinski definition) is 4. The average molecular weight is 392 g/mol. The first kappa shape index (κ1) is 21.6. The second kappa shape index (κ2) is 10.5. The molecule has 2 fully saturated rings. The highest BCUT2D eigenvalue weighted by atomic mass is 35.5. The van der Waals surface area contributed by atoms with Gasteiger partial charge in [0.25, 0.3) is 0 Å². The lowest BCUT2D eigenvalue weighted by molar-refractivity contribution is -0.117. The van der Waals surface area contributed by atoms with Crippen LogP contribution in [0.3, 0.4) is 0 Å². The van der Waals surface area contributed by atoms with Crippen LogP contribution in [-0.2, 0) is 11.3 Å². The number of piperidine rings is 1. The molecular weight excluding hydrogens is 365 g/mol. The summed E-state index contributed by atoms with van der Waals surface area (Å²) in [6.07, 6.45) is 2.61. The summed E-state index contributed by atoms with van der Waals surface area (Å²) in [6, 6.07) is 8.23. The van der Waals surface area contributed by atoms with Gasteiger partial charge in [-0.25, -0.2) is 0 Å². The molecule has 3 rings (SSSR count). The molecule has 2 heterocycles. The van der Waals surface area contributed by atoms with Crippen LogP contribution in [0.25, 0.3) is 0 Å². The van der Waals surface area contributed by atoms with Crippen LogP contribution in [0.15, 0.2) is 24.3 Å². The van der Waals surface area contributed by atoms with E-state index in [-0.39, 0.29) is 36.8 Å². The molecule has 4 nitrogen and oxygen atoms in total. The molecule has 2 aliphatic rings. The summed E-state index contributed by atoms with van der Waals surface area (Å²) in [4.78, 5) is 14.6. The number of anilines is 1. The Morgan fingerprint density at radius 1 is 1.25 bits per heavy atom. The van der Waals surface area contributed by atoms with Gasteiger partial charge >= 0.3 is 0 Å². The Balaban J connectivity index is 0.00000144. The van der Waals surface area contributed by atoms with Crippen molar-refractivity contribution in [3.63, 3.8) is 0 Å². The maximum Gasteiger partial charge on any atom is 0.242 e. The van der Waals surface area contributed by atoms with Gasteiger partial charge in [-0.3, -0.25) is 15.0 Å².